The second-order valence-electron chi connectivity index (χ2n) is 12.7. The number of aryl methyl sites for hydroxylation is 1. The third kappa shape index (κ3) is 4.51. The minimum absolute atomic E-state index is 0.529. The molecule has 0 aliphatic heterocycles. The molecule has 1 aliphatic rings. The van der Waals surface area contributed by atoms with E-state index in [4.69, 9.17) is 4.98 Å². The SMILES string of the molecule is Cn1cnc(-c2nnc3c4cc(-c5ccccc5)c(-c5ccc(C6(N(C(=O)O)C(C)(C)C)CCCC6)cc5)nc4ccn23)c1. The molecular formula is C35H35N7O2. The average molecular weight is 586 g/mol. The summed E-state index contributed by atoms with van der Waals surface area (Å²) in [5.41, 5.74) is 6.09. The van der Waals surface area contributed by atoms with Crippen LogP contribution in [0.2, 0.25) is 0 Å². The van der Waals surface area contributed by atoms with E-state index in [-0.39, 0.29) is 0 Å². The molecule has 1 fully saturated rings. The number of carboxylic acid groups (broad SMARTS) is 1. The highest BCUT2D eigenvalue weighted by molar-refractivity contribution is 5.98. The van der Waals surface area contributed by atoms with Gasteiger partial charge in [0, 0.05) is 41.5 Å². The molecule has 0 atom stereocenters. The minimum atomic E-state index is -0.878. The number of rotatable bonds is 5. The van der Waals surface area contributed by atoms with Gasteiger partial charge in [-0.25, -0.2) is 14.8 Å². The van der Waals surface area contributed by atoms with Crippen LogP contribution in [0.15, 0.2) is 85.5 Å². The molecule has 222 valence electrons. The van der Waals surface area contributed by atoms with Crippen LogP contribution >= 0.6 is 0 Å². The van der Waals surface area contributed by atoms with E-state index in [1.807, 2.05) is 73.4 Å². The van der Waals surface area contributed by atoms with E-state index in [0.29, 0.717) is 11.5 Å². The monoisotopic (exact) mass is 585 g/mol. The summed E-state index contributed by atoms with van der Waals surface area (Å²) < 4.78 is 3.85. The average Bonchev–Trinajstić information content (AvgIpc) is 3.76. The Hall–Kier alpha value is -5.05. The molecule has 7 rings (SSSR count). The largest absolute Gasteiger partial charge is 0.465 e. The number of hydrogen-bond acceptors (Lipinski definition) is 5. The quantitative estimate of drug-likeness (QED) is 0.224. The molecule has 6 aromatic rings. The van der Waals surface area contributed by atoms with Gasteiger partial charge < -0.3 is 9.67 Å². The number of aromatic nitrogens is 6. The highest BCUT2D eigenvalue weighted by atomic mass is 16.4. The van der Waals surface area contributed by atoms with E-state index in [1.165, 1.54) is 0 Å². The zero-order chi connectivity index (χ0) is 30.6. The van der Waals surface area contributed by atoms with Crippen molar-refractivity contribution in [1.29, 1.82) is 0 Å². The summed E-state index contributed by atoms with van der Waals surface area (Å²) in [6.07, 6.45) is 8.38. The van der Waals surface area contributed by atoms with Crippen LogP contribution in [-0.4, -0.2) is 50.8 Å². The lowest BCUT2D eigenvalue weighted by Gasteiger charge is -2.47. The predicted octanol–water partition coefficient (Wildman–Crippen LogP) is 7.56. The third-order valence-corrected chi connectivity index (χ3v) is 8.81. The molecule has 2 aromatic carbocycles. The maximum Gasteiger partial charge on any atom is 0.408 e. The van der Waals surface area contributed by atoms with E-state index in [2.05, 4.69) is 57.6 Å². The zero-order valence-corrected chi connectivity index (χ0v) is 25.4. The first-order chi connectivity index (χ1) is 21.2. The van der Waals surface area contributed by atoms with Crippen molar-refractivity contribution in [3.8, 4) is 33.9 Å². The van der Waals surface area contributed by atoms with Gasteiger partial charge in [0.1, 0.15) is 5.69 Å². The maximum absolute atomic E-state index is 12.6. The van der Waals surface area contributed by atoms with Crippen molar-refractivity contribution in [2.75, 3.05) is 0 Å². The molecule has 1 aliphatic carbocycles. The number of imidazole rings is 1. The number of hydrogen-bond donors (Lipinski definition) is 1. The molecule has 0 radical (unpaired) electrons. The van der Waals surface area contributed by atoms with Crippen molar-refractivity contribution in [3.63, 3.8) is 0 Å². The lowest BCUT2D eigenvalue weighted by molar-refractivity contribution is 0.0155. The second-order valence-corrected chi connectivity index (χ2v) is 12.7. The fraction of sp³-hybridized carbons (Fsp3) is 0.286. The van der Waals surface area contributed by atoms with E-state index < -0.39 is 17.2 Å². The Bertz CT molecular complexity index is 2000. The second kappa shape index (κ2) is 10.3. The molecule has 0 bridgehead atoms. The highest BCUT2D eigenvalue weighted by Gasteiger charge is 2.48. The molecule has 0 spiro atoms. The smallest absolute Gasteiger partial charge is 0.408 e. The zero-order valence-electron chi connectivity index (χ0n) is 25.4. The van der Waals surface area contributed by atoms with Gasteiger partial charge in [-0.05, 0) is 56.9 Å². The molecule has 1 saturated carbocycles. The number of nitrogens with zero attached hydrogens (tertiary/aromatic N) is 7. The Morgan fingerprint density at radius 3 is 2.32 bits per heavy atom. The Kier molecular flexibility index (Phi) is 6.49. The fourth-order valence-corrected chi connectivity index (χ4v) is 7.01. The normalized spacial score (nSPS) is 14.8. The molecule has 9 nitrogen and oxygen atoms in total. The minimum Gasteiger partial charge on any atom is -0.465 e. The summed E-state index contributed by atoms with van der Waals surface area (Å²) >= 11 is 0. The van der Waals surface area contributed by atoms with E-state index >= 15 is 0 Å². The molecule has 0 unspecified atom stereocenters. The number of carbonyl (C=O) groups is 1. The van der Waals surface area contributed by atoms with Crippen LogP contribution in [-0.2, 0) is 12.6 Å². The van der Waals surface area contributed by atoms with Crippen molar-refractivity contribution < 1.29 is 9.90 Å². The number of amides is 1. The standard InChI is InChI=1S/C35H35N7O2/c1-34(2,3)42(33(43)44)35(17-8-9-18-35)25-14-12-24(13-15-25)30-26(23-10-6-5-7-11-23)20-27-28(37-30)16-19-41-31(27)38-39-32(41)29-21-40(4)22-36-29/h5-7,10-16,19-22H,8-9,17-18H2,1-4H3,(H,43,44). The summed E-state index contributed by atoms with van der Waals surface area (Å²) in [5.74, 6) is 0.676. The number of fused-ring (bicyclic) bond motifs is 3. The van der Waals surface area contributed by atoms with Gasteiger partial charge in [0.2, 0.25) is 0 Å². The Labute approximate surface area is 255 Å². The van der Waals surface area contributed by atoms with Gasteiger partial charge >= 0.3 is 6.09 Å². The van der Waals surface area contributed by atoms with Gasteiger partial charge in [0.05, 0.1) is 23.1 Å². The third-order valence-electron chi connectivity index (χ3n) is 8.81. The fourth-order valence-electron chi connectivity index (χ4n) is 7.01. The van der Waals surface area contributed by atoms with Gasteiger partial charge in [0.25, 0.3) is 0 Å². The van der Waals surface area contributed by atoms with Gasteiger partial charge in [-0.15, -0.1) is 10.2 Å². The molecule has 44 heavy (non-hydrogen) atoms. The Morgan fingerprint density at radius 1 is 0.955 bits per heavy atom. The molecule has 1 N–H and O–H groups in total. The Balaban J connectivity index is 1.38. The summed E-state index contributed by atoms with van der Waals surface area (Å²) in [4.78, 5) is 23.9. The van der Waals surface area contributed by atoms with Crippen LogP contribution in [0.4, 0.5) is 4.79 Å². The van der Waals surface area contributed by atoms with Crippen molar-refractivity contribution in [3.05, 3.63) is 91.0 Å². The topological polar surface area (TPSA) is 101 Å². The summed E-state index contributed by atoms with van der Waals surface area (Å²) in [7, 11) is 1.93. The van der Waals surface area contributed by atoms with Crippen LogP contribution < -0.4 is 0 Å². The van der Waals surface area contributed by atoms with Gasteiger partial charge in [-0.1, -0.05) is 67.4 Å². The van der Waals surface area contributed by atoms with Crippen molar-refractivity contribution >= 4 is 22.6 Å². The first kappa shape index (κ1) is 27.8. The lowest BCUT2D eigenvalue weighted by atomic mass is 9.82. The van der Waals surface area contributed by atoms with E-state index in [1.54, 1.807) is 11.2 Å². The lowest BCUT2D eigenvalue weighted by Crippen LogP contribution is -2.56. The van der Waals surface area contributed by atoms with Crippen molar-refractivity contribution in [2.45, 2.75) is 57.5 Å². The molecule has 4 heterocycles. The number of pyridine rings is 2. The van der Waals surface area contributed by atoms with E-state index in [9.17, 15) is 9.90 Å². The summed E-state index contributed by atoms with van der Waals surface area (Å²) in [6, 6.07) is 22.8. The van der Waals surface area contributed by atoms with Crippen LogP contribution in [0.3, 0.4) is 0 Å². The van der Waals surface area contributed by atoms with Gasteiger partial charge in [0.15, 0.2) is 11.5 Å². The van der Waals surface area contributed by atoms with Gasteiger partial charge in [-0.2, -0.15) is 0 Å². The first-order valence-electron chi connectivity index (χ1n) is 15.0. The summed E-state index contributed by atoms with van der Waals surface area (Å²) in [6.45, 7) is 5.94. The molecule has 1 amide bonds. The van der Waals surface area contributed by atoms with Crippen LogP contribution in [0.25, 0.3) is 50.5 Å². The maximum atomic E-state index is 12.6. The van der Waals surface area contributed by atoms with Gasteiger partial charge in [-0.3, -0.25) is 9.30 Å². The van der Waals surface area contributed by atoms with Crippen LogP contribution in [0.5, 0.6) is 0 Å². The molecule has 9 heteroatoms. The molecular weight excluding hydrogens is 550 g/mol. The van der Waals surface area contributed by atoms with Crippen molar-refractivity contribution in [1.82, 2.24) is 34.0 Å². The predicted molar refractivity (Wildman–Crippen MR) is 171 cm³/mol. The van der Waals surface area contributed by atoms with Crippen LogP contribution in [0, 0.1) is 0 Å². The number of benzene rings is 2. The molecule has 0 saturated heterocycles. The van der Waals surface area contributed by atoms with Crippen LogP contribution in [0.1, 0.15) is 52.0 Å². The molecule has 4 aromatic heterocycles. The summed E-state index contributed by atoms with van der Waals surface area (Å²) in [5, 5.41) is 20.3. The van der Waals surface area contributed by atoms with Crippen molar-refractivity contribution in [2.24, 2.45) is 7.05 Å². The first-order valence-corrected chi connectivity index (χ1v) is 15.0. The Morgan fingerprint density at radius 2 is 1.68 bits per heavy atom. The highest BCUT2D eigenvalue weighted by Crippen LogP contribution is 2.47. The van der Waals surface area contributed by atoms with E-state index in [0.717, 1.165) is 70.2 Å².